The quantitative estimate of drug-likeness (QED) is 0.373. The van der Waals surface area contributed by atoms with Gasteiger partial charge in [0.15, 0.2) is 5.96 Å². The number of hydrogen-bond donors (Lipinski definition) is 2. The van der Waals surface area contributed by atoms with Crippen molar-refractivity contribution in [2.45, 2.75) is 38.8 Å². The second-order valence-electron chi connectivity index (χ2n) is 7.38. The van der Waals surface area contributed by atoms with Gasteiger partial charge in [-0.2, -0.15) is 0 Å². The van der Waals surface area contributed by atoms with Gasteiger partial charge in [0, 0.05) is 32.7 Å². The Morgan fingerprint density at radius 1 is 1.26 bits per heavy atom. The van der Waals surface area contributed by atoms with Gasteiger partial charge in [-0.05, 0) is 64.1 Å². The number of likely N-dealkylation sites (N-methyl/N-ethyl adjacent to an activating group) is 1. The van der Waals surface area contributed by atoms with Gasteiger partial charge in [0.1, 0.15) is 5.75 Å². The van der Waals surface area contributed by atoms with E-state index < -0.39 is 0 Å². The molecule has 1 heterocycles. The number of nitrogens with zero attached hydrogens (tertiary/aromatic N) is 3. The lowest BCUT2D eigenvalue weighted by atomic mass is 10.2. The molecule has 0 aliphatic carbocycles. The van der Waals surface area contributed by atoms with E-state index in [4.69, 9.17) is 4.74 Å². The van der Waals surface area contributed by atoms with Crippen LogP contribution in [0.15, 0.2) is 29.3 Å². The predicted octanol–water partition coefficient (Wildman–Crippen LogP) is 2.17. The van der Waals surface area contributed by atoms with Gasteiger partial charge in [-0.15, -0.1) is 0 Å². The second-order valence-corrected chi connectivity index (χ2v) is 7.38. The maximum absolute atomic E-state index is 5.79. The van der Waals surface area contributed by atoms with Crippen LogP contribution in [0.1, 0.15) is 31.7 Å². The molecule has 1 aromatic carbocycles. The van der Waals surface area contributed by atoms with Crippen molar-refractivity contribution in [1.29, 1.82) is 0 Å². The van der Waals surface area contributed by atoms with Crippen LogP contribution in [0.4, 0.5) is 0 Å². The fourth-order valence-electron chi connectivity index (χ4n) is 3.44. The minimum atomic E-state index is 0.623. The molecule has 27 heavy (non-hydrogen) atoms. The van der Waals surface area contributed by atoms with Crippen LogP contribution in [0.3, 0.4) is 0 Å². The molecular formula is C21H37N5O. The Kier molecular flexibility index (Phi) is 9.42. The van der Waals surface area contributed by atoms with E-state index in [1.807, 2.05) is 19.2 Å². The van der Waals surface area contributed by atoms with Gasteiger partial charge in [0.25, 0.3) is 0 Å². The van der Waals surface area contributed by atoms with Crippen molar-refractivity contribution < 1.29 is 4.74 Å². The number of aliphatic imine (C=N–C) groups is 1. The zero-order chi connectivity index (χ0) is 19.5. The van der Waals surface area contributed by atoms with E-state index in [1.54, 1.807) is 0 Å². The summed E-state index contributed by atoms with van der Waals surface area (Å²) in [6, 6.07) is 8.92. The molecule has 1 unspecified atom stereocenters. The highest BCUT2D eigenvalue weighted by molar-refractivity contribution is 5.79. The normalized spacial score (nSPS) is 18.1. The monoisotopic (exact) mass is 375 g/mol. The van der Waals surface area contributed by atoms with Crippen LogP contribution < -0.4 is 15.4 Å². The maximum atomic E-state index is 5.79. The Labute approximate surface area is 165 Å². The van der Waals surface area contributed by atoms with Crippen molar-refractivity contribution in [2.24, 2.45) is 4.99 Å². The average Bonchev–Trinajstić information content (AvgIpc) is 3.14. The van der Waals surface area contributed by atoms with E-state index in [2.05, 4.69) is 58.6 Å². The van der Waals surface area contributed by atoms with Crippen LogP contribution in [-0.4, -0.2) is 75.7 Å². The number of benzene rings is 1. The molecule has 0 amide bonds. The summed E-state index contributed by atoms with van der Waals surface area (Å²) in [6.45, 7) is 8.09. The van der Waals surface area contributed by atoms with Crippen LogP contribution in [-0.2, 0) is 6.54 Å². The molecule has 0 radical (unpaired) electrons. The third-order valence-electron chi connectivity index (χ3n) is 5.04. The fourth-order valence-corrected chi connectivity index (χ4v) is 3.44. The summed E-state index contributed by atoms with van der Waals surface area (Å²) in [7, 11) is 5.99. The first-order valence-corrected chi connectivity index (χ1v) is 10.2. The van der Waals surface area contributed by atoms with Crippen LogP contribution >= 0.6 is 0 Å². The van der Waals surface area contributed by atoms with E-state index in [0.29, 0.717) is 6.04 Å². The first kappa shape index (κ1) is 21.5. The molecule has 1 aliphatic rings. The number of likely N-dealkylation sites (tertiary alicyclic amines) is 1. The molecular weight excluding hydrogens is 338 g/mol. The SMILES string of the molecule is CCN1CCCC1CNC(=NC)NCc1ccc(OCCCN(C)C)cc1. The Morgan fingerprint density at radius 2 is 2.04 bits per heavy atom. The van der Waals surface area contributed by atoms with Crippen molar-refractivity contribution >= 4 is 5.96 Å². The van der Waals surface area contributed by atoms with Crippen molar-refractivity contribution in [3.63, 3.8) is 0 Å². The number of rotatable bonds is 10. The van der Waals surface area contributed by atoms with Gasteiger partial charge >= 0.3 is 0 Å². The van der Waals surface area contributed by atoms with Gasteiger partial charge in [0.2, 0.25) is 0 Å². The lowest BCUT2D eigenvalue weighted by Gasteiger charge is -2.24. The molecule has 0 spiro atoms. The third kappa shape index (κ3) is 7.77. The maximum Gasteiger partial charge on any atom is 0.191 e. The van der Waals surface area contributed by atoms with Gasteiger partial charge in [-0.1, -0.05) is 19.1 Å². The predicted molar refractivity (Wildman–Crippen MR) is 114 cm³/mol. The summed E-state index contributed by atoms with van der Waals surface area (Å²) >= 11 is 0. The second kappa shape index (κ2) is 11.8. The summed E-state index contributed by atoms with van der Waals surface area (Å²) in [4.78, 5) is 9.06. The molecule has 6 nitrogen and oxygen atoms in total. The summed E-state index contributed by atoms with van der Waals surface area (Å²) < 4.78 is 5.79. The van der Waals surface area contributed by atoms with E-state index >= 15 is 0 Å². The Balaban J connectivity index is 1.69. The average molecular weight is 376 g/mol. The van der Waals surface area contributed by atoms with Crippen molar-refractivity contribution in [2.75, 3.05) is 53.9 Å². The highest BCUT2D eigenvalue weighted by Gasteiger charge is 2.22. The zero-order valence-corrected chi connectivity index (χ0v) is 17.5. The first-order chi connectivity index (χ1) is 13.1. The van der Waals surface area contributed by atoms with E-state index in [1.165, 1.54) is 24.9 Å². The van der Waals surface area contributed by atoms with Crippen molar-refractivity contribution in [3.8, 4) is 5.75 Å². The molecule has 1 fully saturated rings. The number of ether oxygens (including phenoxy) is 1. The summed E-state index contributed by atoms with van der Waals surface area (Å²) in [5.41, 5.74) is 1.22. The molecule has 0 bridgehead atoms. The third-order valence-corrected chi connectivity index (χ3v) is 5.04. The molecule has 152 valence electrons. The Morgan fingerprint density at radius 3 is 2.70 bits per heavy atom. The van der Waals surface area contributed by atoms with E-state index in [9.17, 15) is 0 Å². The van der Waals surface area contributed by atoms with Gasteiger partial charge in [0.05, 0.1) is 6.61 Å². The summed E-state index contributed by atoms with van der Waals surface area (Å²) in [6.07, 6.45) is 3.61. The molecule has 1 aliphatic heterocycles. The largest absolute Gasteiger partial charge is 0.494 e. The van der Waals surface area contributed by atoms with Gasteiger partial charge < -0.3 is 20.3 Å². The molecule has 2 N–H and O–H groups in total. The highest BCUT2D eigenvalue weighted by Crippen LogP contribution is 2.15. The smallest absolute Gasteiger partial charge is 0.191 e. The molecule has 0 aromatic heterocycles. The minimum absolute atomic E-state index is 0.623. The van der Waals surface area contributed by atoms with Gasteiger partial charge in [-0.25, -0.2) is 0 Å². The van der Waals surface area contributed by atoms with Crippen molar-refractivity contribution in [3.05, 3.63) is 29.8 Å². The molecule has 1 saturated heterocycles. The van der Waals surface area contributed by atoms with Crippen LogP contribution in [0.5, 0.6) is 5.75 Å². The van der Waals surface area contributed by atoms with Crippen LogP contribution in [0, 0.1) is 0 Å². The van der Waals surface area contributed by atoms with Crippen LogP contribution in [0.2, 0.25) is 0 Å². The first-order valence-electron chi connectivity index (χ1n) is 10.2. The Bertz CT molecular complexity index is 558. The number of guanidine groups is 1. The highest BCUT2D eigenvalue weighted by atomic mass is 16.5. The lowest BCUT2D eigenvalue weighted by molar-refractivity contribution is 0.267. The number of nitrogens with one attached hydrogen (secondary N) is 2. The lowest BCUT2D eigenvalue weighted by Crippen LogP contribution is -2.44. The zero-order valence-electron chi connectivity index (χ0n) is 17.5. The fraction of sp³-hybridized carbons (Fsp3) is 0.667. The topological polar surface area (TPSA) is 52.1 Å². The van der Waals surface area contributed by atoms with Crippen LogP contribution in [0.25, 0.3) is 0 Å². The minimum Gasteiger partial charge on any atom is -0.494 e. The van der Waals surface area contributed by atoms with E-state index in [0.717, 1.165) is 50.9 Å². The van der Waals surface area contributed by atoms with E-state index in [-0.39, 0.29) is 0 Å². The number of hydrogen-bond acceptors (Lipinski definition) is 4. The molecule has 0 saturated carbocycles. The molecule has 6 heteroatoms. The van der Waals surface area contributed by atoms with Gasteiger partial charge in [-0.3, -0.25) is 9.89 Å². The molecule has 1 atom stereocenters. The summed E-state index contributed by atoms with van der Waals surface area (Å²) in [5, 5.41) is 6.87. The standard InChI is InChI=1S/C21H37N5O/c1-5-26-14-6-8-19(26)17-24-21(22-2)23-16-18-9-11-20(12-10-18)27-15-7-13-25(3)4/h9-12,19H,5-8,13-17H2,1-4H3,(H2,22,23,24). The van der Waals surface area contributed by atoms with Crippen molar-refractivity contribution in [1.82, 2.24) is 20.4 Å². The molecule has 1 aromatic rings. The molecule has 2 rings (SSSR count). The Hall–Kier alpha value is -1.79. The summed E-state index contributed by atoms with van der Waals surface area (Å²) in [5.74, 6) is 1.79.